The van der Waals surface area contributed by atoms with Crippen LogP contribution >= 0.6 is 0 Å². The summed E-state index contributed by atoms with van der Waals surface area (Å²) in [6.45, 7) is 3.34. The van der Waals surface area contributed by atoms with Crippen molar-refractivity contribution in [1.82, 2.24) is 15.5 Å². The number of piperidine rings is 1. The van der Waals surface area contributed by atoms with Crippen LogP contribution in [0.4, 0.5) is 4.79 Å². The van der Waals surface area contributed by atoms with Gasteiger partial charge in [0.1, 0.15) is 5.54 Å². The van der Waals surface area contributed by atoms with Gasteiger partial charge in [-0.3, -0.25) is 4.79 Å². The summed E-state index contributed by atoms with van der Waals surface area (Å²) in [5.41, 5.74) is -1.05. The summed E-state index contributed by atoms with van der Waals surface area (Å²) in [4.78, 5) is 36.0. The SMILES string of the molecule is CC(=O)NCC1CCN(C(=O)NC2(C(=O)O)CCC2)CC1. The molecular weight excluding hydrogens is 274 g/mol. The Kier molecular flexibility index (Phi) is 4.69. The van der Waals surface area contributed by atoms with Crippen molar-refractivity contribution in [2.45, 2.75) is 44.6 Å². The van der Waals surface area contributed by atoms with Crippen LogP contribution in [0.1, 0.15) is 39.0 Å². The van der Waals surface area contributed by atoms with E-state index in [4.69, 9.17) is 0 Å². The highest BCUT2D eigenvalue weighted by Crippen LogP contribution is 2.32. The van der Waals surface area contributed by atoms with E-state index in [1.165, 1.54) is 6.92 Å². The summed E-state index contributed by atoms with van der Waals surface area (Å²) in [5.74, 6) is -0.596. The molecular formula is C14H23N3O4. The van der Waals surface area contributed by atoms with E-state index in [1.807, 2.05) is 0 Å². The van der Waals surface area contributed by atoms with E-state index in [9.17, 15) is 19.5 Å². The lowest BCUT2D eigenvalue weighted by Gasteiger charge is -2.41. The zero-order valence-electron chi connectivity index (χ0n) is 12.4. The van der Waals surface area contributed by atoms with Crippen molar-refractivity contribution in [2.75, 3.05) is 19.6 Å². The molecule has 7 nitrogen and oxygen atoms in total. The Morgan fingerprint density at radius 2 is 1.86 bits per heavy atom. The monoisotopic (exact) mass is 297 g/mol. The average Bonchev–Trinajstić information content (AvgIpc) is 2.40. The maximum atomic E-state index is 12.2. The molecule has 1 aliphatic heterocycles. The zero-order chi connectivity index (χ0) is 15.5. The van der Waals surface area contributed by atoms with Crippen LogP contribution in [0, 0.1) is 5.92 Å². The van der Waals surface area contributed by atoms with E-state index in [1.54, 1.807) is 4.90 Å². The van der Waals surface area contributed by atoms with Crippen molar-refractivity contribution in [1.29, 1.82) is 0 Å². The lowest BCUT2D eigenvalue weighted by atomic mass is 9.77. The summed E-state index contributed by atoms with van der Waals surface area (Å²) in [6.07, 6.45) is 3.51. The first-order valence-electron chi connectivity index (χ1n) is 7.48. The Morgan fingerprint density at radius 3 is 2.29 bits per heavy atom. The molecule has 1 saturated carbocycles. The molecule has 118 valence electrons. The normalized spacial score (nSPS) is 21.3. The minimum atomic E-state index is -1.05. The van der Waals surface area contributed by atoms with Crippen LogP contribution in [0.15, 0.2) is 0 Å². The Balaban J connectivity index is 1.78. The van der Waals surface area contributed by atoms with Gasteiger partial charge in [0, 0.05) is 26.6 Å². The lowest BCUT2D eigenvalue weighted by molar-refractivity contribution is -0.148. The minimum Gasteiger partial charge on any atom is -0.480 e. The van der Waals surface area contributed by atoms with Gasteiger partial charge in [-0.1, -0.05) is 0 Å². The Hall–Kier alpha value is -1.79. The number of carboxylic acids is 1. The second-order valence-corrected chi connectivity index (χ2v) is 6.04. The van der Waals surface area contributed by atoms with Crippen LogP contribution in [0.2, 0.25) is 0 Å². The maximum Gasteiger partial charge on any atom is 0.329 e. The molecule has 7 heteroatoms. The molecule has 0 atom stereocenters. The Bertz CT molecular complexity index is 426. The van der Waals surface area contributed by atoms with Crippen LogP contribution in [0.5, 0.6) is 0 Å². The quantitative estimate of drug-likeness (QED) is 0.705. The predicted molar refractivity (Wildman–Crippen MR) is 75.7 cm³/mol. The highest BCUT2D eigenvalue weighted by molar-refractivity contribution is 5.87. The third kappa shape index (κ3) is 3.65. The molecule has 1 aliphatic carbocycles. The number of amides is 3. The van der Waals surface area contributed by atoms with E-state index in [0.717, 1.165) is 19.3 Å². The molecule has 2 aliphatic rings. The van der Waals surface area contributed by atoms with Gasteiger partial charge < -0.3 is 20.6 Å². The van der Waals surface area contributed by atoms with E-state index in [0.29, 0.717) is 38.4 Å². The van der Waals surface area contributed by atoms with Gasteiger partial charge >= 0.3 is 12.0 Å². The highest BCUT2D eigenvalue weighted by atomic mass is 16.4. The minimum absolute atomic E-state index is 0.0384. The van der Waals surface area contributed by atoms with Gasteiger partial charge in [-0.2, -0.15) is 0 Å². The van der Waals surface area contributed by atoms with Gasteiger partial charge in [-0.15, -0.1) is 0 Å². The van der Waals surface area contributed by atoms with Gasteiger partial charge in [0.15, 0.2) is 0 Å². The Labute approximate surface area is 124 Å². The molecule has 2 rings (SSSR count). The number of aliphatic carboxylic acids is 1. The van der Waals surface area contributed by atoms with Crippen molar-refractivity contribution in [3.8, 4) is 0 Å². The van der Waals surface area contributed by atoms with Crippen molar-refractivity contribution in [3.05, 3.63) is 0 Å². The van der Waals surface area contributed by atoms with Gasteiger partial charge in [0.05, 0.1) is 0 Å². The second-order valence-electron chi connectivity index (χ2n) is 6.04. The van der Waals surface area contributed by atoms with Crippen molar-refractivity contribution in [2.24, 2.45) is 5.92 Å². The van der Waals surface area contributed by atoms with E-state index < -0.39 is 11.5 Å². The fraction of sp³-hybridized carbons (Fsp3) is 0.786. The molecule has 0 radical (unpaired) electrons. The van der Waals surface area contributed by atoms with Crippen molar-refractivity contribution < 1.29 is 19.5 Å². The summed E-state index contributed by atoms with van der Waals surface area (Å²) in [5, 5.41) is 14.7. The molecule has 1 saturated heterocycles. The third-order valence-electron chi connectivity index (χ3n) is 4.50. The molecule has 1 heterocycles. The fourth-order valence-corrected chi connectivity index (χ4v) is 2.83. The van der Waals surface area contributed by atoms with E-state index in [2.05, 4.69) is 10.6 Å². The average molecular weight is 297 g/mol. The predicted octanol–water partition coefficient (Wildman–Crippen LogP) is 0.551. The molecule has 0 unspecified atom stereocenters. The number of carboxylic acid groups (broad SMARTS) is 1. The van der Waals surface area contributed by atoms with Gasteiger partial charge in [0.25, 0.3) is 0 Å². The summed E-state index contributed by atoms with van der Waals surface area (Å²) in [7, 11) is 0. The first-order chi connectivity index (χ1) is 9.93. The number of urea groups is 1. The first-order valence-corrected chi connectivity index (χ1v) is 7.48. The van der Waals surface area contributed by atoms with Gasteiger partial charge in [-0.05, 0) is 38.0 Å². The van der Waals surface area contributed by atoms with Crippen molar-refractivity contribution >= 4 is 17.9 Å². The number of hydrogen-bond acceptors (Lipinski definition) is 3. The third-order valence-corrected chi connectivity index (χ3v) is 4.50. The van der Waals surface area contributed by atoms with Gasteiger partial charge in [-0.25, -0.2) is 9.59 Å². The number of nitrogens with one attached hydrogen (secondary N) is 2. The molecule has 3 amide bonds. The molecule has 21 heavy (non-hydrogen) atoms. The highest BCUT2D eigenvalue weighted by Gasteiger charge is 2.46. The van der Waals surface area contributed by atoms with Crippen molar-refractivity contribution in [3.63, 3.8) is 0 Å². The number of rotatable bonds is 4. The molecule has 0 aromatic heterocycles. The number of likely N-dealkylation sites (tertiary alicyclic amines) is 1. The number of nitrogens with zero attached hydrogens (tertiary/aromatic N) is 1. The smallest absolute Gasteiger partial charge is 0.329 e. The number of carbonyl (C=O) groups is 3. The molecule has 0 aromatic carbocycles. The summed E-state index contributed by atoms with van der Waals surface area (Å²) < 4.78 is 0. The first kappa shape index (κ1) is 15.6. The van der Waals surface area contributed by atoms with Crippen LogP contribution in [0.3, 0.4) is 0 Å². The molecule has 3 N–H and O–H groups in total. The summed E-state index contributed by atoms with van der Waals surface area (Å²) in [6, 6.07) is -0.282. The lowest BCUT2D eigenvalue weighted by Crippen LogP contribution is -2.62. The second kappa shape index (κ2) is 6.32. The molecule has 0 bridgehead atoms. The summed E-state index contributed by atoms with van der Waals surface area (Å²) >= 11 is 0. The number of hydrogen-bond donors (Lipinski definition) is 3. The van der Waals surface area contributed by atoms with E-state index in [-0.39, 0.29) is 11.9 Å². The zero-order valence-corrected chi connectivity index (χ0v) is 12.4. The molecule has 0 spiro atoms. The molecule has 0 aromatic rings. The van der Waals surface area contributed by atoms with Gasteiger partial charge in [0.2, 0.25) is 5.91 Å². The topological polar surface area (TPSA) is 98.7 Å². The number of carbonyl (C=O) groups excluding carboxylic acids is 2. The largest absolute Gasteiger partial charge is 0.480 e. The Morgan fingerprint density at radius 1 is 1.24 bits per heavy atom. The van der Waals surface area contributed by atoms with Crippen LogP contribution < -0.4 is 10.6 Å². The van der Waals surface area contributed by atoms with Crippen LogP contribution in [-0.4, -0.2) is 53.1 Å². The van der Waals surface area contributed by atoms with E-state index >= 15 is 0 Å². The van der Waals surface area contributed by atoms with Crippen LogP contribution in [0.25, 0.3) is 0 Å². The maximum absolute atomic E-state index is 12.2. The standard InChI is InChI=1S/C14H23N3O4/c1-10(18)15-9-11-3-7-17(8-4-11)13(21)16-14(12(19)20)5-2-6-14/h11H,2-9H2,1H3,(H,15,18)(H,16,21)(H,19,20). The fourth-order valence-electron chi connectivity index (χ4n) is 2.83. The molecule has 2 fully saturated rings. The van der Waals surface area contributed by atoms with Crippen LogP contribution in [-0.2, 0) is 9.59 Å².